The van der Waals surface area contributed by atoms with Gasteiger partial charge >= 0.3 is 0 Å². The summed E-state index contributed by atoms with van der Waals surface area (Å²) in [5.41, 5.74) is 0. The standard InChI is InChI=1S/C12H8O4/c13-7-3-1-5-9-11(7)16-12-8(14)4-2-6-10(12)15-9/h1-6,13-14H. The van der Waals surface area contributed by atoms with Crippen molar-refractivity contribution in [2.24, 2.45) is 0 Å². The van der Waals surface area contributed by atoms with Crippen LogP contribution in [0.3, 0.4) is 0 Å². The van der Waals surface area contributed by atoms with Crippen molar-refractivity contribution in [3.8, 4) is 34.5 Å². The van der Waals surface area contributed by atoms with Crippen LogP contribution in [-0.4, -0.2) is 10.2 Å². The zero-order valence-corrected chi connectivity index (χ0v) is 8.18. The molecule has 0 saturated heterocycles. The van der Waals surface area contributed by atoms with E-state index in [1.165, 1.54) is 12.1 Å². The summed E-state index contributed by atoms with van der Waals surface area (Å²) in [6.07, 6.45) is 0. The van der Waals surface area contributed by atoms with Gasteiger partial charge in [0, 0.05) is 0 Å². The van der Waals surface area contributed by atoms with Crippen molar-refractivity contribution in [3.05, 3.63) is 36.4 Å². The number of phenols is 2. The summed E-state index contributed by atoms with van der Waals surface area (Å²) in [4.78, 5) is 0. The van der Waals surface area contributed by atoms with Crippen LogP contribution >= 0.6 is 0 Å². The summed E-state index contributed by atoms with van der Waals surface area (Å²) in [5, 5.41) is 19.2. The van der Waals surface area contributed by atoms with E-state index in [1.54, 1.807) is 24.3 Å². The number of hydrogen-bond donors (Lipinski definition) is 2. The monoisotopic (exact) mass is 216 g/mol. The largest absolute Gasteiger partial charge is 0.504 e. The highest BCUT2D eigenvalue weighted by Crippen LogP contribution is 2.51. The lowest BCUT2D eigenvalue weighted by molar-refractivity contribution is 0.321. The first-order valence-corrected chi connectivity index (χ1v) is 4.75. The highest BCUT2D eigenvalue weighted by atomic mass is 16.6. The first-order chi connectivity index (χ1) is 7.75. The summed E-state index contributed by atoms with van der Waals surface area (Å²) >= 11 is 0. The zero-order chi connectivity index (χ0) is 11.1. The molecule has 0 aliphatic carbocycles. The average molecular weight is 216 g/mol. The Labute approximate surface area is 91.3 Å². The van der Waals surface area contributed by atoms with E-state index in [2.05, 4.69) is 0 Å². The lowest BCUT2D eigenvalue weighted by Crippen LogP contribution is -1.98. The van der Waals surface area contributed by atoms with Crippen LogP contribution in [0.25, 0.3) is 0 Å². The summed E-state index contributed by atoms with van der Waals surface area (Å²) < 4.78 is 10.9. The Kier molecular flexibility index (Phi) is 1.71. The quantitative estimate of drug-likeness (QED) is 0.606. The Morgan fingerprint density at radius 3 is 1.69 bits per heavy atom. The molecule has 1 aliphatic heterocycles. The Morgan fingerprint density at radius 1 is 0.688 bits per heavy atom. The van der Waals surface area contributed by atoms with Crippen LogP contribution in [0.4, 0.5) is 0 Å². The molecule has 0 aromatic heterocycles. The smallest absolute Gasteiger partial charge is 0.211 e. The molecule has 0 saturated carbocycles. The number of benzene rings is 2. The van der Waals surface area contributed by atoms with E-state index < -0.39 is 0 Å². The fourth-order valence-electron chi connectivity index (χ4n) is 1.59. The molecular formula is C12H8O4. The van der Waals surface area contributed by atoms with E-state index >= 15 is 0 Å². The van der Waals surface area contributed by atoms with Gasteiger partial charge in [-0.1, -0.05) is 12.1 Å². The summed E-state index contributed by atoms with van der Waals surface area (Å²) in [6.45, 7) is 0. The lowest BCUT2D eigenvalue weighted by atomic mass is 10.2. The van der Waals surface area contributed by atoms with Gasteiger partial charge in [-0.05, 0) is 24.3 Å². The number of hydrogen-bond acceptors (Lipinski definition) is 4. The molecule has 0 atom stereocenters. The minimum atomic E-state index is -0.0218. The molecule has 4 nitrogen and oxygen atoms in total. The molecule has 0 bridgehead atoms. The molecule has 1 aliphatic rings. The number of para-hydroxylation sites is 2. The van der Waals surface area contributed by atoms with Crippen LogP contribution in [0, 0.1) is 0 Å². The molecule has 16 heavy (non-hydrogen) atoms. The van der Waals surface area contributed by atoms with E-state index in [4.69, 9.17) is 9.47 Å². The lowest BCUT2D eigenvalue weighted by Gasteiger charge is -2.21. The Bertz CT molecular complexity index is 513. The number of aromatic hydroxyl groups is 2. The Hall–Kier alpha value is -2.36. The molecule has 0 unspecified atom stereocenters. The SMILES string of the molecule is Oc1cccc2c1Oc1c(O)cccc1O2. The van der Waals surface area contributed by atoms with Gasteiger partial charge in [0.1, 0.15) is 0 Å². The topological polar surface area (TPSA) is 58.9 Å². The van der Waals surface area contributed by atoms with Crippen molar-refractivity contribution in [2.45, 2.75) is 0 Å². The molecule has 4 heteroatoms. The Balaban J connectivity index is 2.17. The minimum absolute atomic E-state index is 0.0218. The first kappa shape index (κ1) is 8.91. The highest BCUT2D eigenvalue weighted by Gasteiger charge is 2.23. The van der Waals surface area contributed by atoms with Gasteiger partial charge in [-0.2, -0.15) is 0 Å². The fourth-order valence-corrected chi connectivity index (χ4v) is 1.59. The second-order valence-electron chi connectivity index (χ2n) is 3.41. The molecular weight excluding hydrogens is 208 g/mol. The summed E-state index contributed by atoms with van der Waals surface area (Å²) in [5.74, 6) is 1.25. The van der Waals surface area contributed by atoms with Crippen LogP contribution < -0.4 is 9.47 Å². The number of fused-ring (bicyclic) bond motifs is 2. The number of phenolic OH excluding ortho intramolecular Hbond substituents is 2. The predicted molar refractivity (Wildman–Crippen MR) is 56.4 cm³/mol. The van der Waals surface area contributed by atoms with E-state index in [-0.39, 0.29) is 23.0 Å². The molecule has 3 rings (SSSR count). The third kappa shape index (κ3) is 1.16. The van der Waals surface area contributed by atoms with Gasteiger partial charge in [0.25, 0.3) is 0 Å². The van der Waals surface area contributed by atoms with Gasteiger partial charge in [0.2, 0.25) is 11.5 Å². The highest BCUT2D eigenvalue weighted by molar-refractivity contribution is 5.62. The van der Waals surface area contributed by atoms with Gasteiger partial charge in [-0.15, -0.1) is 0 Å². The second-order valence-corrected chi connectivity index (χ2v) is 3.41. The van der Waals surface area contributed by atoms with Gasteiger partial charge in [0.05, 0.1) is 0 Å². The maximum absolute atomic E-state index is 9.59. The van der Waals surface area contributed by atoms with E-state index in [9.17, 15) is 10.2 Å². The number of ether oxygens (including phenoxy) is 2. The van der Waals surface area contributed by atoms with Crippen molar-refractivity contribution in [1.82, 2.24) is 0 Å². The first-order valence-electron chi connectivity index (χ1n) is 4.75. The second kappa shape index (κ2) is 3.06. The van der Waals surface area contributed by atoms with Gasteiger partial charge in [-0.3, -0.25) is 0 Å². The molecule has 1 heterocycles. The van der Waals surface area contributed by atoms with E-state index in [1.807, 2.05) is 0 Å². The molecule has 0 fully saturated rings. The van der Waals surface area contributed by atoms with Crippen molar-refractivity contribution >= 4 is 0 Å². The maximum Gasteiger partial charge on any atom is 0.211 e. The van der Waals surface area contributed by atoms with Crippen LogP contribution in [0.1, 0.15) is 0 Å². The maximum atomic E-state index is 9.59. The Morgan fingerprint density at radius 2 is 1.19 bits per heavy atom. The van der Waals surface area contributed by atoms with Crippen LogP contribution in [0.2, 0.25) is 0 Å². The van der Waals surface area contributed by atoms with Crippen LogP contribution in [-0.2, 0) is 0 Å². The molecule has 0 radical (unpaired) electrons. The van der Waals surface area contributed by atoms with Crippen LogP contribution in [0.5, 0.6) is 34.5 Å². The van der Waals surface area contributed by atoms with Crippen molar-refractivity contribution in [1.29, 1.82) is 0 Å². The van der Waals surface area contributed by atoms with Crippen molar-refractivity contribution < 1.29 is 19.7 Å². The third-order valence-electron chi connectivity index (χ3n) is 2.34. The average Bonchev–Trinajstić information content (AvgIpc) is 2.28. The minimum Gasteiger partial charge on any atom is -0.504 e. The third-order valence-corrected chi connectivity index (χ3v) is 2.34. The van der Waals surface area contributed by atoms with Gasteiger partial charge < -0.3 is 19.7 Å². The predicted octanol–water partition coefficient (Wildman–Crippen LogP) is 3.00. The molecule has 0 spiro atoms. The number of rotatable bonds is 0. The summed E-state index contributed by atoms with van der Waals surface area (Å²) in [7, 11) is 0. The van der Waals surface area contributed by atoms with Gasteiger partial charge in [-0.25, -0.2) is 0 Å². The van der Waals surface area contributed by atoms with Crippen molar-refractivity contribution in [3.63, 3.8) is 0 Å². The van der Waals surface area contributed by atoms with Crippen LogP contribution in [0.15, 0.2) is 36.4 Å². The van der Waals surface area contributed by atoms with E-state index in [0.717, 1.165) is 0 Å². The molecule has 80 valence electrons. The van der Waals surface area contributed by atoms with E-state index in [0.29, 0.717) is 11.5 Å². The summed E-state index contributed by atoms with van der Waals surface area (Å²) in [6, 6.07) is 9.67. The molecule has 2 N–H and O–H groups in total. The van der Waals surface area contributed by atoms with Gasteiger partial charge in [0.15, 0.2) is 23.0 Å². The molecule has 2 aromatic carbocycles. The zero-order valence-electron chi connectivity index (χ0n) is 8.18. The van der Waals surface area contributed by atoms with Crippen molar-refractivity contribution in [2.75, 3.05) is 0 Å². The molecule has 2 aromatic rings. The molecule has 0 amide bonds. The fraction of sp³-hybridized carbons (Fsp3) is 0. The normalized spacial score (nSPS) is 12.0.